The van der Waals surface area contributed by atoms with Gasteiger partial charge in [-0.2, -0.15) is 0 Å². The molecule has 0 saturated carbocycles. The summed E-state index contributed by atoms with van der Waals surface area (Å²) in [5, 5.41) is 5.36. The molecule has 0 aliphatic carbocycles. The molecule has 3 rings (SSSR count). The highest BCUT2D eigenvalue weighted by atomic mass is 19.1. The van der Waals surface area contributed by atoms with E-state index in [9.17, 15) is 13.6 Å². The number of methoxy groups -OCH3 is 1. The zero-order valence-electron chi connectivity index (χ0n) is 16.0. The van der Waals surface area contributed by atoms with E-state index >= 15 is 0 Å². The molecule has 0 unspecified atom stereocenters. The van der Waals surface area contributed by atoms with Gasteiger partial charge in [-0.15, -0.1) is 0 Å². The first-order valence-electron chi connectivity index (χ1n) is 8.94. The molecule has 3 aromatic rings. The molecule has 2 N–H and O–H groups in total. The number of para-hydroxylation sites is 2. The van der Waals surface area contributed by atoms with Gasteiger partial charge in [0.05, 0.1) is 7.11 Å². The number of nitrogens with one attached hydrogen (secondary N) is 2. The lowest BCUT2D eigenvalue weighted by Gasteiger charge is -2.11. The predicted molar refractivity (Wildman–Crippen MR) is 105 cm³/mol. The van der Waals surface area contributed by atoms with Crippen molar-refractivity contribution in [3.8, 4) is 5.75 Å². The van der Waals surface area contributed by atoms with Gasteiger partial charge < -0.3 is 15.4 Å². The van der Waals surface area contributed by atoms with Crippen LogP contribution in [0.5, 0.6) is 5.75 Å². The number of anilines is 2. The minimum absolute atomic E-state index is 0.0942. The van der Waals surface area contributed by atoms with E-state index in [1.807, 2.05) is 24.3 Å². The highest BCUT2D eigenvalue weighted by Crippen LogP contribution is 2.22. The van der Waals surface area contributed by atoms with E-state index in [2.05, 4.69) is 20.6 Å². The number of aryl methyl sites for hydroxylation is 1. The highest BCUT2D eigenvalue weighted by Gasteiger charge is 2.14. The Morgan fingerprint density at radius 2 is 1.79 bits per heavy atom. The average molecular weight is 398 g/mol. The summed E-state index contributed by atoms with van der Waals surface area (Å²) in [5.74, 6) is -0.772. The number of aromatic nitrogens is 2. The van der Waals surface area contributed by atoms with E-state index < -0.39 is 17.5 Å². The molecule has 0 fully saturated rings. The molecule has 29 heavy (non-hydrogen) atoms. The van der Waals surface area contributed by atoms with Gasteiger partial charge in [0.25, 0.3) is 5.91 Å². The maximum atomic E-state index is 13.8. The van der Waals surface area contributed by atoms with E-state index in [4.69, 9.17) is 4.74 Å². The fourth-order valence-electron chi connectivity index (χ4n) is 2.80. The fraction of sp³-hybridized carbons (Fsp3) is 0.190. The van der Waals surface area contributed by atoms with Gasteiger partial charge in [-0.3, -0.25) is 4.79 Å². The van der Waals surface area contributed by atoms with Gasteiger partial charge in [-0.05, 0) is 37.1 Å². The number of halogens is 2. The summed E-state index contributed by atoms with van der Waals surface area (Å²) in [4.78, 5) is 20.7. The zero-order chi connectivity index (χ0) is 20.8. The van der Waals surface area contributed by atoms with Gasteiger partial charge >= 0.3 is 0 Å². The number of hydrogen-bond donors (Lipinski definition) is 2. The van der Waals surface area contributed by atoms with Crippen molar-refractivity contribution in [2.75, 3.05) is 19.0 Å². The van der Waals surface area contributed by atoms with Crippen LogP contribution in [0.1, 0.15) is 21.9 Å². The lowest BCUT2D eigenvalue weighted by molar-refractivity contribution is 0.0948. The quantitative estimate of drug-likeness (QED) is 0.633. The molecule has 1 aromatic heterocycles. The normalized spacial score (nSPS) is 10.5. The first-order chi connectivity index (χ1) is 14.0. The van der Waals surface area contributed by atoms with Gasteiger partial charge in [0.1, 0.15) is 40.4 Å². The molecule has 1 heterocycles. The molecule has 0 radical (unpaired) electrons. The van der Waals surface area contributed by atoms with Crippen molar-refractivity contribution < 1.29 is 18.3 Å². The molecule has 0 aliphatic heterocycles. The molecule has 8 heteroatoms. The molecule has 2 aromatic carbocycles. The van der Waals surface area contributed by atoms with Crippen LogP contribution in [-0.2, 0) is 6.42 Å². The number of benzene rings is 2. The van der Waals surface area contributed by atoms with Crippen LogP contribution >= 0.6 is 0 Å². The van der Waals surface area contributed by atoms with Crippen LogP contribution in [0, 0.1) is 18.6 Å². The molecule has 1 amide bonds. The number of hydrogen-bond acceptors (Lipinski definition) is 5. The largest absolute Gasteiger partial charge is 0.496 e. The van der Waals surface area contributed by atoms with Gasteiger partial charge in [0.15, 0.2) is 0 Å². The second-order valence-corrected chi connectivity index (χ2v) is 6.23. The number of carbonyl (C=O) groups excluding carboxylic acids is 1. The van der Waals surface area contributed by atoms with Crippen molar-refractivity contribution >= 4 is 17.4 Å². The number of nitrogens with zero attached hydrogens (tertiary/aromatic N) is 2. The summed E-state index contributed by atoms with van der Waals surface area (Å²) >= 11 is 0. The minimum atomic E-state index is -0.760. The summed E-state index contributed by atoms with van der Waals surface area (Å²) in [5.41, 5.74) is 0.719. The predicted octanol–water partition coefficient (Wildman–Crippen LogP) is 3.79. The number of ether oxygens (including phenoxy) is 1. The number of amides is 1. The van der Waals surface area contributed by atoms with Gasteiger partial charge in [-0.25, -0.2) is 18.7 Å². The number of rotatable bonds is 7. The Labute approximate surface area is 167 Å². The molecular formula is C21H20F2N4O2. The SMILES string of the molecule is COc1ccccc1CCNC(=O)c1cc(Nc2c(F)cccc2F)nc(C)n1. The molecule has 6 nitrogen and oxygen atoms in total. The van der Waals surface area contributed by atoms with Crippen LogP contribution in [0.4, 0.5) is 20.3 Å². The Morgan fingerprint density at radius 1 is 1.07 bits per heavy atom. The van der Waals surface area contributed by atoms with Crippen LogP contribution in [0.15, 0.2) is 48.5 Å². The summed E-state index contributed by atoms with van der Waals surface area (Å²) in [6.07, 6.45) is 0.575. The molecule has 150 valence electrons. The summed E-state index contributed by atoms with van der Waals surface area (Å²) < 4.78 is 33.0. The molecule has 0 saturated heterocycles. The Morgan fingerprint density at radius 3 is 2.52 bits per heavy atom. The van der Waals surface area contributed by atoms with Crippen molar-refractivity contribution in [1.82, 2.24) is 15.3 Å². The fourth-order valence-corrected chi connectivity index (χ4v) is 2.80. The first kappa shape index (κ1) is 20.2. The van der Waals surface area contributed by atoms with Crippen molar-refractivity contribution in [2.45, 2.75) is 13.3 Å². The monoisotopic (exact) mass is 398 g/mol. The standard InChI is InChI=1S/C21H20F2N4O2/c1-13-25-17(12-19(26-13)27-20-15(22)7-5-8-16(20)23)21(28)24-11-10-14-6-3-4-9-18(14)29-2/h3-9,12H,10-11H2,1-2H3,(H,24,28)(H,25,26,27). The Balaban J connectivity index is 1.69. The van der Waals surface area contributed by atoms with E-state index in [0.717, 1.165) is 23.4 Å². The molecule has 0 spiro atoms. The van der Waals surface area contributed by atoms with Gasteiger partial charge in [0.2, 0.25) is 0 Å². The van der Waals surface area contributed by atoms with E-state index in [1.54, 1.807) is 14.0 Å². The topological polar surface area (TPSA) is 76.1 Å². The van der Waals surface area contributed by atoms with Crippen molar-refractivity contribution in [1.29, 1.82) is 0 Å². The number of carbonyl (C=O) groups is 1. The molecule has 0 atom stereocenters. The van der Waals surface area contributed by atoms with Crippen LogP contribution in [-0.4, -0.2) is 29.5 Å². The smallest absolute Gasteiger partial charge is 0.270 e. The Hall–Kier alpha value is -3.55. The maximum absolute atomic E-state index is 13.8. The lowest BCUT2D eigenvalue weighted by atomic mass is 10.1. The molecule has 0 aliphatic rings. The Bertz CT molecular complexity index is 1010. The summed E-state index contributed by atoms with van der Waals surface area (Å²) in [6, 6.07) is 12.4. The summed E-state index contributed by atoms with van der Waals surface area (Å²) in [6.45, 7) is 1.96. The van der Waals surface area contributed by atoms with Crippen LogP contribution in [0.25, 0.3) is 0 Å². The van der Waals surface area contributed by atoms with Crippen LogP contribution < -0.4 is 15.4 Å². The van der Waals surface area contributed by atoms with Gasteiger partial charge in [0, 0.05) is 12.6 Å². The molecular weight excluding hydrogens is 378 g/mol. The average Bonchev–Trinajstić information content (AvgIpc) is 2.70. The van der Waals surface area contributed by atoms with E-state index in [1.165, 1.54) is 12.1 Å². The Kier molecular flexibility index (Phi) is 6.33. The van der Waals surface area contributed by atoms with Crippen molar-refractivity contribution in [2.24, 2.45) is 0 Å². The first-order valence-corrected chi connectivity index (χ1v) is 8.94. The maximum Gasteiger partial charge on any atom is 0.270 e. The van der Waals surface area contributed by atoms with Gasteiger partial charge in [-0.1, -0.05) is 24.3 Å². The second kappa shape index (κ2) is 9.09. The minimum Gasteiger partial charge on any atom is -0.496 e. The third-order valence-corrected chi connectivity index (χ3v) is 4.16. The van der Waals surface area contributed by atoms with E-state index in [-0.39, 0.29) is 17.2 Å². The van der Waals surface area contributed by atoms with Crippen LogP contribution in [0.2, 0.25) is 0 Å². The second-order valence-electron chi connectivity index (χ2n) is 6.23. The van der Waals surface area contributed by atoms with Crippen molar-refractivity contribution in [3.05, 3.63) is 77.2 Å². The highest BCUT2D eigenvalue weighted by molar-refractivity contribution is 5.93. The van der Waals surface area contributed by atoms with Crippen LogP contribution in [0.3, 0.4) is 0 Å². The van der Waals surface area contributed by atoms with E-state index in [0.29, 0.717) is 18.8 Å². The zero-order valence-corrected chi connectivity index (χ0v) is 16.0. The summed E-state index contributed by atoms with van der Waals surface area (Å²) in [7, 11) is 1.59. The van der Waals surface area contributed by atoms with Crippen molar-refractivity contribution in [3.63, 3.8) is 0 Å². The third-order valence-electron chi connectivity index (χ3n) is 4.16. The molecule has 0 bridgehead atoms. The lowest BCUT2D eigenvalue weighted by Crippen LogP contribution is -2.27. The third kappa shape index (κ3) is 5.04.